The number of nitrogens with one attached hydrogen (secondary N) is 1. The Hall–Kier alpha value is -0.870. The minimum absolute atomic E-state index is 0.00686. The van der Waals surface area contributed by atoms with Crippen LogP contribution in [-0.2, 0) is 12.8 Å². The van der Waals surface area contributed by atoms with Gasteiger partial charge in [0.15, 0.2) is 0 Å². The summed E-state index contributed by atoms with van der Waals surface area (Å²) in [4.78, 5) is 14.5. The number of aliphatic hydroxyl groups is 1. The van der Waals surface area contributed by atoms with Gasteiger partial charge in [0.05, 0.1) is 17.5 Å². The molecule has 118 valence electrons. The van der Waals surface area contributed by atoms with E-state index >= 15 is 0 Å². The predicted molar refractivity (Wildman–Crippen MR) is 87.9 cm³/mol. The molecule has 3 nitrogen and oxygen atoms in total. The molecule has 0 fully saturated rings. The van der Waals surface area contributed by atoms with Crippen molar-refractivity contribution in [1.29, 1.82) is 0 Å². The number of carbonyl (C=O) groups is 1. The second-order valence-electron chi connectivity index (χ2n) is 6.56. The highest BCUT2D eigenvalue weighted by molar-refractivity contribution is 7.14. The molecule has 4 heteroatoms. The van der Waals surface area contributed by atoms with Crippen molar-refractivity contribution in [2.24, 2.45) is 11.8 Å². The Labute approximate surface area is 131 Å². The summed E-state index contributed by atoms with van der Waals surface area (Å²) in [7, 11) is 0. The predicted octanol–water partition coefficient (Wildman–Crippen LogP) is 3.40. The molecule has 0 saturated heterocycles. The zero-order valence-electron chi connectivity index (χ0n) is 13.3. The summed E-state index contributed by atoms with van der Waals surface area (Å²) < 4.78 is 0. The first-order valence-electron chi connectivity index (χ1n) is 8.06. The van der Waals surface area contributed by atoms with Crippen LogP contribution in [0.25, 0.3) is 0 Å². The molecule has 21 heavy (non-hydrogen) atoms. The van der Waals surface area contributed by atoms with Gasteiger partial charge < -0.3 is 10.4 Å². The van der Waals surface area contributed by atoms with Crippen LogP contribution in [-0.4, -0.2) is 23.7 Å². The molecule has 2 atom stereocenters. The number of hydrogen-bond donors (Lipinski definition) is 2. The minimum Gasteiger partial charge on any atom is -0.394 e. The monoisotopic (exact) mass is 309 g/mol. The van der Waals surface area contributed by atoms with Gasteiger partial charge in [0, 0.05) is 4.88 Å². The Bertz CT molecular complexity index is 481. The number of amides is 1. The first-order valence-corrected chi connectivity index (χ1v) is 8.88. The molecular weight excluding hydrogens is 282 g/mol. The average Bonchev–Trinajstić information content (AvgIpc) is 2.88. The summed E-state index contributed by atoms with van der Waals surface area (Å²) in [6.45, 7) is 6.45. The van der Waals surface area contributed by atoms with Gasteiger partial charge in [-0.05, 0) is 49.1 Å². The van der Waals surface area contributed by atoms with Crippen LogP contribution in [0, 0.1) is 11.8 Å². The van der Waals surface area contributed by atoms with Crippen molar-refractivity contribution < 1.29 is 9.90 Å². The largest absolute Gasteiger partial charge is 0.394 e. The van der Waals surface area contributed by atoms with Crippen LogP contribution >= 0.6 is 11.3 Å². The quantitative estimate of drug-likeness (QED) is 0.846. The Balaban J connectivity index is 2.02. The third kappa shape index (κ3) is 4.30. The van der Waals surface area contributed by atoms with Crippen molar-refractivity contribution in [2.75, 3.05) is 6.61 Å². The van der Waals surface area contributed by atoms with Crippen LogP contribution in [0.3, 0.4) is 0 Å². The zero-order chi connectivity index (χ0) is 15.4. The molecule has 0 bridgehead atoms. The van der Waals surface area contributed by atoms with Gasteiger partial charge in [0.25, 0.3) is 5.91 Å². The van der Waals surface area contributed by atoms with Crippen LogP contribution in [0.1, 0.15) is 60.1 Å². The van der Waals surface area contributed by atoms with E-state index in [1.54, 1.807) is 11.3 Å². The van der Waals surface area contributed by atoms with E-state index in [2.05, 4.69) is 32.2 Å². The van der Waals surface area contributed by atoms with E-state index in [4.69, 9.17) is 0 Å². The van der Waals surface area contributed by atoms with Gasteiger partial charge in [-0.2, -0.15) is 0 Å². The van der Waals surface area contributed by atoms with Gasteiger partial charge in [0.1, 0.15) is 0 Å². The summed E-state index contributed by atoms with van der Waals surface area (Å²) in [6, 6.07) is 1.93. The van der Waals surface area contributed by atoms with Gasteiger partial charge in [-0.1, -0.05) is 27.2 Å². The fraction of sp³-hybridized carbons (Fsp3) is 0.706. The summed E-state index contributed by atoms with van der Waals surface area (Å²) in [6.07, 6.45) is 5.51. The van der Waals surface area contributed by atoms with Crippen LogP contribution in [0.4, 0.5) is 0 Å². The smallest absolute Gasteiger partial charge is 0.261 e. The van der Waals surface area contributed by atoms with E-state index in [-0.39, 0.29) is 18.6 Å². The number of aliphatic hydroxyl groups excluding tert-OH is 1. The lowest BCUT2D eigenvalue weighted by molar-refractivity contribution is 0.0912. The molecule has 2 N–H and O–H groups in total. The van der Waals surface area contributed by atoms with Gasteiger partial charge >= 0.3 is 0 Å². The highest BCUT2D eigenvalue weighted by Gasteiger charge is 2.23. The molecule has 0 aliphatic heterocycles. The van der Waals surface area contributed by atoms with Crippen molar-refractivity contribution >= 4 is 17.2 Å². The number of rotatable bonds is 6. The van der Waals surface area contributed by atoms with Gasteiger partial charge in [0.2, 0.25) is 0 Å². The summed E-state index contributed by atoms with van der Waals surface area (Å²) >= 11 is 1.63. The molecular formula is C17H27NO2S. The Morgan fingerprint density at radius 2 is 2.29 bits per heavy atom. The van der Waals surface area contributed by atoms with Crippen molar-refractivity contribution in [3.05, 3.63) is 21.4 Å². The van der Waals surface area contributed by atoms with Crippen molar-refractivity contribution in [1.82, 2.24) is 5.32 Å². The summed E-state index contributed by atoms with van der Waals surface area (Å²) in [5.41, 5.74) is 1.37. The van der Waals surface area contributed by atoms with Crippen LogP contribution in [0.2, 0.25) is 0 Å². The molecule has 2 rings (SSSR count). The van der Waals surface area contributed by atoms with E-state index in [0.29, 0.717) is 5.92 Å². The van der Waals surface area contributed by atoms with E-state index in [1.807, 2.05) is 0 Å². The number of aryl methyl sites for hydroxylation is 1. The average molecular weight is 309 g/mol. The van der Waals surface area contributed by atoms with Crippen LogP contribution in [0.5, 0.6) is 0 Å². The van der Waals surface area contributed by atoms with Crippen molar-refractivity contribution in [3.8, 4) is 0 Å². The third-order valence-electron chi connectivity index (χ3n) is 4.30. The lowest BCUT2D eigenvalue weighted by Crippen LogP contribution is -2.38. The molecule has 1 aromatic heterocycles. The molecule has 0 saturated carbocycles. The van der Waals surface area contributed by atoms with E-state index in [1.165, 1.54) is 23.3 Å². The second-order valence-corrected chi connectivity index (χ2v) is 7.70. The van der Waals surface area contributed by atoms with Crippen molar-refractivity contribution in [2.45, 2.75) is 58.9 Å². The normalized spacial score (nSPS) is 19.4. The standard InChI is InChI=1S/C17H27NO2S/c1-4-12-5-6-15-13(8-12)9-16(21-15)17(20)18-14(10-19)7-11(2)3/h9,11-12,14,19H,4-8,10H2,1-3H3,(H,18,20). The number of hydrogen-bond acceptors (Lipinski definition) is 3. The number of fused-ring (bicyclic) bond motifs is 1. The molecule has 1 heterocycles. The van der Waals surface area contributed by atoms with Gasteiger partial charge in [-0.25, -0.2) is 0 Å². The molecule has 0 radical (unpaired) electrons. The van der Waals surface area contributed by atoms with E-state index in [0.717, 1.165) is 30.1 Å². The fourth-order valence-electron chi connectivity index (χ4n) is 3.06. The Morgan fingerprint density at radius 3 is 2.90 bits per heavy atom. The van der Waals surface area contributed by atoms with Gasteiger partial charge in [-0.15, -0.1) is 11.3 Å². The fourth-order valence-corrected chi connectivity index (χ4v) is 4.18. The first kappa shape index (κ1) is 16.5. The highest BCUT2D eigenvalue weighted by atomic mass is 32.1. The minimum atomic E-state index is -0.139. The van der Waals surface area contributed by atoms with Gasteiger partial charge in [-0.3, -0.25) is 4.79 Å². The second kappa shape index (κ2) is 7.41. The number of thiophene rings is 1. The lowest BCUT2D eigenvalue weighted by Gasteiger charge is -2.19. The summed E-state index contributed by atoms with van der Waals surface area (Å²) in [5.74, 6) is 1.21. The first-order chi connectivity index (χ1) is 10.0. The molecule has 0 spiro atoms. The van der Waals surface area contributed by atoms with Crippen LogP contribution < -0.4 is 5.32 Å². The molecule has 2 unspecified atom stereocenters. The molecule has 1 aromatic rings. The maximum atomic E-state index is 12.4. The van der Waals surface area contributed by atoms with E-state index in [9.17, 15) is 9.90 Å². The highest BCUT2D eigenvalue weighted by Crippen LogP contribution is 2.33. The summed E-state index contributed by atoms with van der Waals surface area (Å²) in [5, 5.41) is 12.4. The molecule has 1 aliphatic carbocycles. The molecule has 0 aromatic carbocycles. The Morgan fingerprint density at radius 1 is 1.52 bits per heavy atom. The van der Waals surface area contributed by atoms with E-state index < -0.39 is 0 Å². The third-order valence-corrected chi connectivity index (χ3v) is 5.53. The lowest BCUT2D eigenvalue weighted by atomic mass is 9.87. The topological polar surface area (TPSA) is 49.3 Å². The maximum absolute atomic E-state index is 12.4. The van der Waals surface area contributed by atoms with Crippen molar-refractivity contribution in [3.63, 3.8) is 0 Å². The zero-order valence-corrected chi connectivity index (χ0v) is 14.1. The molecule has 1 amide bonds. The SMILES string of the molecule is CCC1CCc2sc(C(=O)NC(CO)CC(C)C)cc2C1. The number of carbonyl (C=O) groups excluding carboxylic acids is 1. The van der Waals surface area contributed by atoms with Crippen LogP contribution in [0.15, 0.2) is 6.07 Å². The molecule has 1 aliphatic rings. The maximum Gasteiger partial charge on any atom is 0.261 e. The Kier molecular flexibility index (Phi) is 5.82.